The molecule has 0 radical (unpaired) electrons. The number of alkyl halides is 1. The zero-order chi connectivity index (χ0) is 14.8. The predicted octanol–water partition coefficient (Wildman–Crippen LogP) is 4.45. The van der Waals surface area contributed by atoms with Gasteiger partial charge in [0.2, 0.25) is 0 Å². The molecule has 0 bridgehead atoms. The highest BCUT2D eigenvalue weighted by molar-refractivity contribution is 9.10. The molecule has 0 saturated heterocycles. The van der Waals surface area contributed by atoms with Crippen molar-refractivity contribution in [2.24, 2.45) is 0 Å². The van der Waals surface area contributed by atoms with E-state index in [2.05, 4.69) is 36.6 Å². The molecule has 2 rings (SSSR count). The summed E-state index contributed by atoms with van der Waals surface area (Å²) >= 11 is 6.67. The highest BCUT2D eigenvalue weighted by Gasteiger charge is 2.15. The van der Waals surface area contributed by atoms with Crippen molar-refractivity contribution in [2.75, 3.05) is 4.72 Å². The molecular formula is C14H13Br2NO2S. The molecule has 0 heterocycles. The smallest absolute Gasteiger partial charge is 0.261 e. The first-order chi connectivity index (χ1) is 9.42. The zero-order valence-corrected chi connectivity index (χ0v) is 14.7. The second kappa shape index (κ2) is 6.28. The quantitative estimate of drug-likeness (QED) is 0.745. The van der Waals surface area contributed by atoms with Crippen molar-refractivity contribution in [3.63, 3.8) is 0 Å². The molecule has 1 N–H and O–H groups in total. The molecule has 0 fully saturated rings. The maximum absolute atomic E-state index is 12.3. The van der Waals surface area contributed by atoms with Crippen LogP contribution in [0.2, 0.25) is 0 Å². The number of aryl methyl sites for hydroxylation is 1. The van der Waals surface area contributed by atoms with E-state index in [0.717, 1.165) is 15.6 Å². The van der Waals surface area contributed by atoms with Crippen molar-refractivity contribution in [1.29, 1.82) is 0 Å². The Kier molecular flexibility index (Phi) is 4.88. The number of benzene rings is 2. The van der Waals surface area contributed by atoms with Gasteiger partial charge in [0.15, 0.2) is 0 Å². The van der Waals surface area contributed by atoms with Gasteiger partial charge in [0.25, 0.3) is 10.0 Å². The fourth-order valence-electron chi connectivity index (χ4n) is 1.67. The Bertz CT molecular complexity index is 712. The summed E-state index contributed by atoms with van der Waals surface area (Å²) in [7, 11) is -3.56. The van der Waals surface area contributed by atoms with E-state index in [0.29, 0.717) is 11.0 Å². The lowest BCUT2D eigenvalue weighted by atomic mass is 10.2. The average molecular weight is 419 g/mol. The molecule has 0 unspecified atom stereocenters. The molecule has 2 aromatic carbocycles. The molecule has 0 aliphatic rings. The molecular weight excluding hydrogens is 406 g/mol. The highest BCUT2D eigenvalue weighted by atomic mass is 79.9. The number of rotatable bonds is 4. The minimum absolute atomic E-state index is 0.251. The van der Waals surface area contributed by atoms with E-state index in [4.69, 9.17) is 0 Å². The third-order valence-corrected chi connectivity index (χ3v) is 5.35. The van der Waals surface area contributed by atoms with Crippen molar-refractivity contribution in [1.82, 2.24) is 0 Å². The first-order valence-corrected chi connectivity index (χ1v) is 9.26. The van der Waals surface area contributed by atoms with E-state index in [9.17, 15) is 8.42 Å². The summed E-state index contributed by atoms with van der Waals surface area (Å²) in [6.45, 7) is 1.86. The van der Waals surface area contributed by atoms with Gasteiger partial charge in [-0.05, 0) is 42.3 Å². The van der Waals surface area contributed by atoms with E-state index >= 15 is 0 Å². The van der Waals surface area contributed by atoms with Crippen LogP contribution >= 0.6 is 31.9 Å². The topological polar surface area (TPSA) is 46.2 Å². The van der Waals surface area contributed by atoms with Gasteiger partial charge in [-0.1, -0.05) is 50.1 Å². The third-order valence-electron chi connectivity index (χ3n) is 2.83. The maximum atomic E-state index is 12.3. The lowest BCUT2D eigenvalue weighted by Gasteiger charge is -2.11. The Labute approximate surface area is 135 Å². The normalized spacial score (nSPS) is 11.3. The molecule has 0 spiro atoms. The fourth-order valence-corrected chi connectivity index (χ4v) is 3.52. The van der Waals surface area contributed by atoms with Crippen molar-refractivity contribution in [2.45, 2.75) is 17.1 Å². The van der Waals surface area contributed by atoms with Gasteiger partial charge in [-0.25, -0.2) is 8.42 Å². The molecule has 0 aliphatic carbocycles. The van der Waals surface area contributed by atoms with Crippen LogP contribution in [0, 0.1) is 6.92 Å². The van der Waals surface area contributed by atoms with Gasteiger partial charge >= 0.3 is 0 Å². The van der Waals surface area contributed by atoms with Crippen LogP contribution in [0.15, 0.2) is 51.8 Å². The predicted molar refractivity (Wildman–Crippen MR) is 88.8 cm³/mol. The first-order valence-electron chi connectivity index (χ1n) is 5.86. The molecule has 3 nitrogen and oxygen atoms in total. The molecule has 0 amide bonds. The second-order valence-corrected chi connectivity index (χ2v) is 7.50. The second-order valence-electron chi connectivity index (χ2n) is 4.34. The fraction of sp³-hybridized carbons (Fsp3) is 0.143. The van der Waals surface area contributed by atoms with Crippen molar-refractivity contribution in [3.05, 3.63) is 58.1 Å². The van der Waals surface area contributed by atoms with Crippen LogP contribution < -0.4 is 4.72 Å². The Balaban J connectivity index is 2.32. The van der Waals surface area contributed by atoms with Gasteiger partial charge in [-0.3, -0.25) is 4.72 Å². The maximum Gasteiger partial charge on any atom is 0.261 e. The number of hydrogen-bond acceptors (Lipinski definition) is 2. The Morgan fingerprint density at radius 2 is 1.75 bits per heavy atom. The molecule has 0 saturated carbocycles. The lowest BCUT2D eigenvalue weighted by Crippen LogP contribution is -2.13. The van der Waals surface area contributed by atoms with Crippen LogP contribution in [0.25, 0.3) is 0 Å². The number of halogens is 2. The summed E-state index contributed by atoms with van der Waals surface area (Å²) in [6, 6.07) is 12.3. The molecule has 0 atom stereocenters. The van der Waals surface area contributed by atoms with E-state index in [1.54, 1.807) is 30.3 Å². The van der Waals surface area contributed by atoms with Crippen molar-refractivity contribution < 1.29 is 8.42 Å². The van der Waals surface area contributed by atoms with E-state index in [1.807, 2.05) is 19.1 Å². The van der Waals surface area contributed by atoms with E-state index < -0.39 is 10.0 Å². The van der Waals surface area contributed by atoms with Crippen LogP contribution in [0.5, 0.6) is 0 Å². The minimum atomic E-state index is -3.56. The minimum Gasteiger partial charge on any atom is -0.279 e. The highest BCUT2D eigenvalue weighted by Crippen LogP contribution is 2.24. The number of sulfonamides is 1. The molecule has 20 heavy (non-hydrogen) atoms. The summed E-state index contributed by atoms with van der Waals surface area (Å²) in [5.74, 6) is 0. The first kappa shape index (κ1) is 15.5. The Morgan fingerprint density at radius 3 is 2.35 bits per heavy atom. The monoisotopic (exact) mass is 417 g/mol. The van der Waals surface area contributed by atoms with Gasteiger partial charge < -0.3 is 0 Å². The van der Waals surface area contributed by atoms with Crippen LogP contribution in [0.3, 0.4) is 0 Å². The van der Waals surface area contributed by atoms with Gasteiger partial charge in [-0.2, -0.15) is 0 Å². The van der Waals surface area contributed by atoms with Crippen LogP contribution in [0.4, 0.5) is 5.69 Å². The van der Waals surface area contributed by atoms with Crippen LogP contribution in [-0.4, -0.2) is 8.42 Å². The Hall–Kier alpha value is -0.850. The number of nitrogens with one attached hydrogen (secondary N) is 1. The molecule has 6 heteroatoms. The average Bonchev–Trinajstić information content (AvgIpc) is 2.43. The lowest BCUT2D eigenvalue weighted by molar-refractivity contribution is 0.601. The summed E-state index contributed by atoms with van der Waals surface area (Å²) < 4.78 is 28.1. The number of hydrogen-bond donors (Lipinski definition) is 1. The summed E-state index contributed by atoms with van der Waals surface area (Å²) in [5, 5.41) is 0.700. The summed E-state index contributed by atoms with van der Waals surface area (Å²) in [6.07, 6.45) is 0. The number of anilines is 1. The molecule has 106 valence electrons. The molecule has 2 aromatic rings. The van der Waals surface area contributed by atoms with Crippen LogP contribution in [-0.2, 0) is 15.4 Å². The van der Waals surface area contributed by atoms with Gasteiger partial charge in [0.1, 0.15) is 0 Å². The summed E-state index contributed by atoms with van der Waals surface area (Å²) in [5.41, 5.74) is 2.47. The zero-order valence-electron chi connectivity index (χ0n) is 10.7. The van der Waals surface area contributed by atoms with Crippen molar-refractivity contribution in [3.8, 4) is 0 Å². The van der Waals surface area contributed by atoms with Crippen molar-refractivity contribution >= 4 is 47.6 Å². The SMILES string of the molecule is Cc1ccc(Br)cc1NS(=O)(=O)c1ccc(CBr)cc1. The van der Waals surface area contributed by atoms with Gasteiger partial charge in [0, 0.05) is 9.80 Å². The van der Waals surface area contributed by atoms with Crippen LogP contribution in [0.1, 0.15) is 11.1 Å². The van der Waals surface area contributed by atoms with Gasteiger partial charge in [-0.15, -0.1) is 0 Å². The van der Waals surface area contributed by atoms with Gasteiger partial charge in [0.05, 0.1) is 10.6 Å². The largest absolute Gasteiger partial charge is 0.279 e. The van der Waals surface area contributed by atoms with E-state index in [-0.39, 0.29) is 4.90 Å². The summed E-state index contributed by atoms with van der Waals surface area (Å²) in [4.78, 5) is 0.251. The standard InChI is InChI=1S/C14H13Br2NO2S/c1-10-2-5-12(16)8-14(10)17-20(18,19)13-6-3-11(9-15)4-7-13/h2-8,17H,9H2,1H3. The molecule has 0 aromatic heterocycles. The Morgan fingerprint density at radius 1 is 1.10 bits per heavy atom. The molecule has 0 aliphatic heterocycles. The van der Waals surface area contributed by atoms with E-state index in [1.165, 1.54) is 0 Å². The third kappa shape index (κ3) is 3.62.